The summed E-state index contributed by atoms with van der Waals surface area (Å²) >= 11 is 0. The maximum Gasteiger partial charge on any atom is 0.237 e. The first-order valence-corrected chi connectivity index (χ1v) is 7.76. The number of hydrogen-bond acceptors (Lipinski definition) is 4. The minimum atomic E-state index is -0.205. The largest absolute Gasteiger partial charge is 0.488 e. The van der Waals surface area contributed by atoms with Crippen molar-refractivity contribution in [3.8, 4) is 5.75 Å². The van der Waals surface area contributed by atoms with E-state index in [4.69, 9.17) is 9.47 Å². The number of hydrogen-bond donors (Lipinski definition) is 2. The fourth-order valence-corrected chi connectivity index (χ4v) is 2.83. The lowest BCUT2D eigenvalue weighted by atomic mass is 9.91. The lowest BCUT2D eigenvalue weighted by molar-refractivity contribution is -0.136. The molecular formula is C17H24N2O3. The fourth-order valence-electron chi connectivity index (χ4n) is 2.83. The summed E-state index contributed by atoms with van der Waals surface area (Å²) in [6.07, 6.45) is 0.670. The molecular weight excluding hydrogens is 280 g/mol. The predicted molar refractivity (Wildman–Crippen MR) is 84.0 cm³/mol. The van der Waals surface area contributed by atoms with Gasteiger partial charge in [0, 0.05) is 6.54 Å². The molecule has 120 valence electrons. The van der Waals surface area contributed by atoms with Crippen LogP contribution in [0.15, 0.2) is 24.3 Å². The van der Waals surface area contributed by atoms with Crippen LogP contribution >= 0.6 is 0 Å². The van der Waals surface area contributed by atoms with Crippen molar-refractivity contribution in [3.63, 3.8) is 0 Å². The van der Waals surface area contributed by atoms with Gasteiger partial charge >= 0.3 is 0 Å². The molecule has 3 rings (SSSR count). The van der Waals surface area contributed by atoms with Gasteiger partial charge in [-0.25, -0.2) is 0 Å². The Kier molecular flexibility index (Phi) is 3.87. The molecule has 5 heteroatoms. The zero-order valence-corrected chi connectivity index (χ0v) is 13.4. The molecule has 1 aromatic carbocycles. The summed E-state index contributed by atoms with van der Waals surface area (Å²) in [5, 5.41) is 6.43. The molecule has 2 aliphatic rings. The van der Waals surface area contributed by atoms with Crippen LogP contribution in [-0.2, 0) is 16.0 Å². The Morgan fingerprint density at radius 3 is 2.50 bits per heavy atom. The van der Waals surface area contributed by atoms with E-state index in [1.165, 1.54) is 0 Å². The fraction of sp³-hybridized carbons (Fsp3) is 0.588. The van der Waals surface area contributed by atoms with Crippen molar-refractivity contribution in [2.24, 2.45) is 0 Å². The van der Waals surface area contributed by atoms with Gasteiger partial charge in [0.2, 0.25) is 5.91 Å². The normalized spacial score (nSPS) is 23.8. The highest BCUT2D eigenvalue weighted by molar-refractivity contribution is 5.83. The molecule has 0 saturated carbocycles. The summed E-state index contributed by atoms with van der Waals surface area (Å²) in [5.41, 5.74) is 0.850. The Labute approximate surface area is 131 Å². The average Bonchev–Trinajstić information content (AvgIpc) is 2.40. The number of nitrogens with one attached hydrogen (secondary N) is 2. The molecule has 0 bridgehead atoms. The maximum atomic E-state index is 12.0. The number of ether oxygens (including phenoxy) is 2. The van der Waals surface area contributed by atoms with Crippen LogP contribution in [0, 0.1) is 0 Å². The van der Waals surface area contributed by atoms with Crippen molar-refractivity contribution in [1.29, 1.82) is 0 Å². The summed E-state index contributed by atoms with van der Waals surface area (Å²) in [6, 6.07) is 7.77. The Morgan fingerprint density at radius 1 is 1.27 bits per heavy atom. The first-order valence-electron chi connectivity index (χ1n) is 7.76. The minimum absolute atomic E-state index is 0.0616. The Balaban J connectivity index is 1.63. The molecule has 0 radical (unpaired) electrons. The highest BCUT2D eigenvalue weighted by Gasteiger charge is 2.45. The predicted octanol–water partition coefficient (Wildman–Crippen LogP) is 1.26. The highest BCUT2D eigenvalue weighted by Crippen LogP contribution is 2.22. The highest BCUT2D eigenvalue weighted by atomic mass is 16.5. The van der Waals surface area contributed by atoms with Gasteiger partial charge in [0.25, 0.3) is 0 Å². The minimum Gasteiger partial charge on any atom is -0.488 e. The van der Waals surface area contributed by atoms with Gasteiger partial charge in [0.15, 0.2) is 0 Å². The smallest absolute Gasteiger partial charge is 0.237 e. The Hall–Kier alpha value is -1.59. The molecule has 0 aromatic heterocycles. The van der Waals surface area contributed by atoms with Crippen LogP contribution in [0.25, 0.3) is 0 Å². The van der Waals surface area contributed by atoms with Crippen molar-refractivity contribution >= 4 is 5.91 Å². The molecule has 1 amide bonds. The third-order valence-corrected chi connectivity index (χ3v) is 3.94. The maximum absolute atomic E-state index is 12.0. The number of piperazine rings is 1. The molecule has 5 nitrogen and oxygen atoms in total. The molecule has 1 atom stereocenters. The van der Waals surface area contributed by atoms with Crippen LogP contribution in [-0.4, -0.2) is 42.8 Å². The van der Waals surface area contributed by atoms with E-state index in [1.807, 2.05) is 45.0 Å². The molecule has 2 heterocycles. The van der Waals surface area contributed by atoms with Crippen LogP contribution in [0.5, 0.6) is 5.75 Å². The summed E-state index contributed by atoms with van der Waals surface area (Å²) in [7, 11) is 0. The standard InChI is InChI=1S/C17H24N2O3/c1-16(2,3)22-13-6-4-12(5-7-13)8-14-15(20)18-9-17(19-14)10-21-11-17/h4-7,14,19H,8-11H2,1-3H3,(H,18,20)/t14-/m0/s1. The number of amides is 1. The lowest BCUT2D eigenvalue weighted by Gasteiger charge is -2.47. The second-order valence-corrected chi connectivity index (χ2v) is 7.25. The molecule has 0 unspecified atom stereocenters. The number of rotatable bonds is 3. The SMILES string of the molecule is CC(C)(C)Oc1ccc(C[C@@H]2NC3(CNC2=O)COC3)cc1. The van der Waals surface area contributed by atoms with Gasteiger partial charge in [-0.1, -0.05) is 12.1 Å². The second kappa shape index (κ2) is 5.56. The van der Waals surface area contributed by atoms with E-state index in [0.717, 1.165) is 11.3 Å². The first kappa shape index (κ1) is 15.3. The van der Waals surface area contributed by atoms with Crippen molar-refractivity contribution in [2.45, 2.75) is 44.4 Å². The van der Waals surface area contributed by atoms with Gasteiger partial charge in [-0.15, -0.1) is 0 Å². The van der Waals surface area contributed by atoms with Crippen molar-refractivity contribution < 1.29 is 14.3 Å². The van der Waals surface area contributed by atoms with E-state index in [2.05, 4.69) is 10.6 Å². The monoisotopic (exact) mass is 304 g/mol. The zero-order chi connectivity index (χ0) is 15.8. The molecule has 1 aromatic rings. The van der Waals surface area contributed by atoms with Crippen LogP contribution in [0.2, 0.25) is 0 Å². The summed E-state index contributed by atoms with van der Waals surface area (Å²) in [6.45, 7) is 8.07. The number of carbonyl (C=O) groups excluding carboxylic acids is 1. The Morgan fingerprint density at radius 2 is 1.95 bits per heavy atom. The van der Waals surface area contributed by atoms with E-state index in [-0.39, 0.29) is 23.1 Å². The van der Waals surface area contributed by atoms with Crippen LogP contribution in [0.3, 0.4) is 0 Å². The summed E-state index contributed by atoms with van der Waals surface area (Å²) in [4.78, 5) is 12.0. The van der Waals surface area contributed by atoms with E-state index in [1.54, 1.807) is 0 Å². The van der Waals surface area contributed by atoms with E-state index in [0.29, 0.717) is 26.2 Å². The third kappa shape index (κ3) is 3.42. The topological polar surface area (TPSA) is 59.6 Å². The van der Waals surface area contributed by atoms with Crippen LogP contribution in [0.1, 0.15) is 26.3 Å². The van der Waals surface area contributed by atoms with E-state index in [9.17, 15) is 4.79 Å². The van der Waals surface area contributed by atoms with Gasteiger partial charge in [0.1, 0.15) is 11.4 Å². The van der Waals surface area contributed by atoms with Gasteiger partial charge in [-0.2, -0.15) is 0 Å². The van der Waals surface area contributed by atoms with Crippen LogP contribution < -0.4 is 15.4 Å². The molecule has 1 spiro atoms. The summed E-state index contributed by atoms with van der Waals surface area (Å²) in [5.74, 6) is 0.911. The molecule has 2 saturated heterocycles. The number of benzene rings is 1. The molecule has 0 aliphatic carbocycles. The van der Waals surface area contributed by atoms with Crippen molar-refractivity contribution in [1.82, 2.24) is 10.6 Å². The van der Waals surface area contributed by atoms with E-state index < -0.39 is 0 Å². The average molecular weight is 304 g/mol. The summed E-state index contributed by atoms with van der Waals surface area (Å²) < 4.78 is 11.1. The van der Waals surface area contributed by atoms with Gasteiger partial charge < -0.3 is 14.8 Å². The lowest BCUT2D eigenvalue weighted by Crippen LogP contribution is -2.74. The second-order valence-electron chi connectivity index (χ2n) is 7.25. The molecule has 22 heavy (non-hydrogen) atoms. The van der Waals surface area contributed by atoms with Gasteiger partial charge in [-0.05, 0) is 44.9 Å². The van der Waals surface area contributed by atoms with Gasteiger partial charge in [0.05, 0.1) is 24.8 Å². The zero-order valence-electron chi connectivity index (χ0n) is 13.4. The number of carbonyl (C=O) groups is 1. The van der Waals surface area contributed by atoms with Gasteiger partial charge in [-0.3, -0.25) is 10.1 Å². The van der Waals surface area contributed by atoms with Crippen LogP contribution in [0.4, 0.5) is 0 Å². The molecule has 2 N–H and O–H groups in total. The third-order valence-electron chi connectivity index (χ3n) is 3.94. The van der Waals surface area contributed by atoms with Crippen molar-refractivity contribution in [3.05, 3.63) is 29.8 Å². The molecule has 2 aliphatic heterocycles. The Bertz CT molecular complexity index is 544. The quantitative estimate of drug-likeness (QED) is 0.883. The van der Waals surface area contributed by atoms with Crippen molar-refractivity contribution in [2.75, 3.05) is 19.8 Å². The molecule has 2 fully saturated rings. The van der Waals surface area contributed by atoms with E-state index >= 15 is 0 Å². The first-order chi connectivity index (χ1) is 10.4.